The van der Waals surface area contributed by atoms with E-state index in [-0.39, 0.29) is 5.91 Å². The van der Waals surface area contributed by atoms with Gasteiger partial charge >= 0.3 is 0 Å². The van der Waals surface area contributed by atoms with Crippen molar-refractivity contribution >= 4 is 17.4 Å². The van der Waals surface area contributed by atoms with Gasteiger partial charge in [-0.1, -0.05) is 0 Å². The lowest BCUT2D eigenvalue weighted by Gasteiger charge is -2.41. The third-order valence-electron chi connectivity index (χ3n) is 5.44. The summed E-state index contributed by atoms with van der Waals surface area (Å²) in [4.78, 5) is 30.0. The standard InChI is InChI=1S/C19H20N6O/c1-13-16-11-24(12-17(16)25-6-5-21-19(25)22-13)18(26)7-14-9-23(10-14)15-3-2-4-20-8-15/h2-6,8,14H,7,9-12H2,1H3. The first-order valence-corrected chi connectivity index (χ1v) is 8.93. The van der Waals surface area contributed by atoms with Crippen molar-refractivity contribution in [1.82, 2.24) is 24.3 Å². The maximum atomic E-state index is 12.8. The number of aromatic nitrogens is 4. The van der Waals surface area contributed by atoms with Crippen LogP contribution in [0.3, 0.4) is 0 Å². The fraction of sp³-hybridized carbons (Fsp3) is 0.368. The van der Waals surface area contributed by atoms with Crippen LogP contribution < -0.4 is 4.90 Å². The Kier molecular flexibility index (Phi) is 3.41. The third kappa shape index (κ3) is 2.42. The summed E-state index contributed by atoms with van der Waals surface area (Å²) in [5, 5.41) is 0. The zero-order valence-corrected chi connectivity index (χ0v) is 14.7. The van der Waals surface area contributed by atoms with Crippen LogP contribution in [0.5, 0.6) is 0 Å². The van der Waals surface area contributed by atoms with E-state index in [1.165, 1.54) is 0 Å². The highest BCUT2D eigenvalue weighted by molar-refractivity contribution is 5.77. The molecular formula is C19H20N6O. The van der Waals surface area contributed by atoms with Crippen LogP contribution in [-0.2, 0) is 17.9 Å². The molecule has 0 aromatic carbocycles. The highest BCUT2D eigenvalue weighted by atomic mass is 16.2. The number of carbonyl (C=O) groups is 1. The van der Waals surface area contributed by atoms with Gasteiger partial charge in [0.15, 0.2) is 0 Å². The fourth-order valence-electron chi connectivity index (χ4n) is 3.97. The average Bonchev–Trinajstić information content (AvgIpc) is 3.25. The number of carbonyl (C=O) groups excluding carboxylic acids is 1. The summed E-state index contributed by atoms with van der Waals surface area (Å²) < 4.78 is 2.00. The molecule has 5 heterocycles. The topological polar surface area (TPSA) is 66.6 Å². The molecule has 5 rings (SSSR count). The van der Waals surface area contributed by atoms with Gasteiger partial charge < -0.3 is 9.80 Å². The number of rotatable bonds is 3. The van der Waals surface area contributed by atoms with Crippen molar-refractivity contribution in [1.29, 1.82) is 0 Å². The van der Waals surface area contributed by atoms with Gasteiger partial charge in [0.2, 0.25) is 11.7 Å². The summed E-state index contributed by atoms with van der Waals surface area (Å²) in [6, 6.07) is 4.01. The van der Waals surface area contributed by atoms with Crippen LogP contribution in [0, 0.1) is 12.8 Å². The van der Waals surface area contributed by atoms with Gasteiger partial charge in [-0.05, 0) is 19.1 Å². The first-order valence-electron chi connectivity index (χ1n) is 8.93. The average molecular weight is 348 g/mol. The van der Waals surface area contributed by atoms with Crippen LogP contribution in [0.1, 0.15) is 23.4 Å². The second-order valence-corrected chi connectivity index (χ2v) is 7.16. The molecule has 0 spiro atoms. The van der Waals surface area contributed by atoms with Crippen molar-refractivity contribution in [2.75, 3.05) is 18.0 Å². The van der Waals surface area contributed by atoms with Crippen molar-refractivity contribution in [2.45, 2.75) is 26.4 Å². The van der Waals surface area contributed by atoms with Crippen LogP contribution in [0.4, 0.5) is 5.69 Å². The smallest absolute Gasteiger partial charge is 0.234 e. The second kappa shape index (κ2) is 5.79. The van der Waals surface area contributed by atoms with E-state index >= 15 is 0 Å². The molecule has 7 heteroatoms. The van der Waals surface area contributed by atoms with Crippen LogP contribution in [0.15, 0.2) is 36.9 Å². The van der Waals surface area contributed by atoms with Crippen LogP contribution >= 0.6 is 0 Å². The van der Waals surface area contributed by atoms with E-state index < -0.39 is 0 Å². The predicted molar refractivity (Wildman–Crippen MR) is 96.5 cm³/mol. The van der Waals surface area contributed by atoms with Gasteiger partial charge in [-0.25, -0.2) is 9.97 Å². The molecule has 3 aromatic heterocycles. The minimum atomic E-state index is 0.227. The van der Waals surface area contributed by atoms with Crippen LogP contribution in [0.2, 0.25) is 0 Å². The summed E-state index contributed by atoms with van der Waals surface area (Å²) in [7, 11) is 0. The molecule has 7 nitrogen and oxygen atoms in total. The first-order chi connectivity index (χ1) is 12.7. The molecule has 2 aliphatic rings. The molecule has 132 valence electrons. The van der Waals surface area contributed by atoms with Gasteiger partial charge in [-0.2, -0.15) is 0 Å². The number of anilines is 1. The maximum absolute atomic E-state index is 12.8. The summed E-state index contributed by atoms with van der Waals surface area (Å²) in [6.45, 7) is 5.14. The van der Waals surface area contributed by atoms with E-state index in [2.05, 4.69) is 25.9 Å². The van der Waals surface area contributed by atoms with Crippen molar-refractivity contribution in [3.63, 3.8) is 0 Å². The minimum Gasteiger partial charge on any atom is -0.370 e. The molecule has 0 N–H and O–H groups in total. The molecule has 1 amide bonds. The van der Waals surface area contributed by atoms with Crippen molar-refractivity contribution in [3.05, 3.63) is 53.9 Å². The van der Waals surface area contributed by atoms with Crippen molar-refractivity contribution in [3.8, 4) is 0 Å². The number of hydrogen-bond donors (Lipinski definition) is 0. The quantitative estimate of drug-likeness (QED) is 0.722. The summed E-state index contributed by atoms with van der Waals surface area (Å²) >= 11 is 0. The van der Waals surface area contributed by atoms with Crippen LogP contribution in [-0.4, -0.2) is 43.2 Å². The largest absolute Gasteiger partial charge is 0.370 e. The number of fused-ring (bicyclic) bond motifs is 3. The lowest BCUT2D eigenvalue weighted by molar-refractivity contribution is -0.133. The third-order valence-corrected chi connectivity index (χ3v) is 5.44. The van der Waals surface area contributed by atoms with Gasteiger partial charge in [-0.3, -0.25) is 14.2 Å². The molecule has 26 heavy (non-hydrogen) atoms. The van der Waals surface area contributed by atoms with E-state index in [1.807, 2.05) is 34.7 Å². The van der Waals surface area contributed by atoms with Crippen molar-refractivity contribution < 1.29 is 4.79 Å². The minimum absolute atomic E-state index is 0.227. The Balaban J connectivity index is 1.24. The zero-order chi connectivity index (χ0) is 17.7. The molecule has 3 aromatic rings. The number of imidazole rings is 1. The zero-order valence-electron chi connectivity index (χ0n) is 14.7. The summed E-state index contributed by atoms with van der Waals surface area (Å²) in [5.41, 5.74) is 4.41. The SMILES string of the molecule is Cc1nc2nccn2c2c1CN(C(=O)CC1CN(c3cccnc3)C1)C2. The molecule has 1 saturated heterocycles. The predicted octanol–water partition coefficient (Wildman–Crippen LogP) is 1.80. The lowest BCUT2D eigenvalue weighted by Crippen LogP contribution is -2.48. The fourth-order valence-corrected chi connectivity index (χ4v) is 3.97. The molecule has 0 atom stereocenters. The molecular weight excluding hydrogens is 328 g/mol. The van der Waals surface area contributed by atoms with E-state index in [9.17, 15) is 4.79 Å². The normalized spacial score (nSPS) is 16.8. The number of nitrogens with zero attached hydrogens (tertiary/aromatic N) is 6. The first kappa shape index (κ1) is 15.3. The van der Waals surface area contributed by atoms with E-state index in [4.69, 9.17) is 0 Å². The molecule has 0 bridgehead atoms. The van der Waals surface area contributed by atoms with Crippen LogP contribution in [0.25, 0.3) is 5.78 Å². The molecule has 0 saturated carbocycles. The highest BCUT2D eigenvalue weighted by Crippen LogP contribution is 2.29. The second-order valence-electron chi connectivity index (χ2n) is 7.16. The highest BCUT2D eigenvalue weighted by Gasteiger charge is 2.33. The Hall–Kier alpha value is -2.96. The summed E-state index contributed by atoms with van der Waals surface area (Å²) in [6.07, 6.45) is 7.94. The van der Waals surface area contributed by atoms with Crippen molar-refractivity contribution in [2.24, 2.45) is 5.92 Å². The Morgan fingerprint density at radius 3 is 2.96 bits per heavy atom. The molecule has 0 unspecified atom stereocenters. The number of pyridine rings is 1. The Morgan fingerprint density at radius 2 is 2.15 bits per heavy atom. The molecule has 0 radical (unpaired) electrons. The summed E-state index contributed by atoms with van der Waals surface area (Å²) in [5.74, 6) is 1.35. The van der Waals surface area contributed by atoms with E-state index in [0.29, 0.717) is 31.2 Å². The lowest BCUT2D eigenvalue weighted by atomic mass is 9.95. The monoisotopic (exact) mass is 348 g/mol. The molecule has 2 aliphatic heterocycles. The van der Waals surface area contributed by atoms with E-state index in [1.54, 1.807) is 12.4 Å². The molecule has 1 fully saturated rings. The Morgan fingerprint density at radius 1 is 1.27 bits per heavy atom. The molecule has 0 aliphatic carbocycles. The number of hydrogen-bond acceptors (Lipinski definition) is 5. The van der Waals surface area contributed by atoms with Gasteiger partial charge in [0.1, 0.15) is 0 Å². The maximum Gasteiger partial charge on any atom is 0.234 e. The van der Waals surface area contributed by atoms with Gasteiger partial charge in [0, 0.05) is 61.8 Å². The number of amides is 1. The van der Waals surface area contributed by atoms with Gasteiger partial charge in [0.05, 0.1) is 24.1 Å². The number of aryl methyl sites for hydroxylation is 1. The van der Waals surface area contributed by atoms with Gasteiger partial charge in [0.25, 0.3) is 0 Å². The van der Waals surface area contributed by atoms with Gasteiger partial charge in [-0.15, -0.1) is 0 Å². The van der Waals surface area contributed by atoms with E-state index in [0.717, 1.165) is 35.7 Å². The Labute approximate surface area is 151 Å². The Bertz CT molecular complexity index is 976.